The summed E-state index contributed by atoms with van der Waals surface area (Å²) in [5.41, 5.74) is 2.15. The van der Waals surface area contributed by atoms with Gasteiger partial charge in [0.2, 0.25) is 0 Å². The number of nitrogens with one attached hydrogen (secondary N) is 1. The number of aryl methyl sites for hydroxylation is 1. The number of H-pyrrole nitrogens is 1. The molecular formula is C15H20N4O2. The number of aliphatic carboxylic acids is 1. The van der Waals surface area contributed by atoms with Crippen molar-refractivity contribution in [3.8, 4) is 11.4 Å². The lowest BCUT2D eigenvalue weighted by atomic mass is 10.1. The lowest BCUT2D eigenvalue weighted by Crippen LogP contribution is -2.16. The third kappa shape index (κ3) is 3.88. The van der Waals surface area contributed by atoms with E-state index in [9.17, 15) is 4.79 Å². The molecule has 0 amide bonds. The van der Waals surface area contributed by atoms with Gasteiger partial charge < -0.3 is 10.0 Å². The van der Waals surface area contributed by atoms with E-state index in [1.165, 1.54) is 5.56 Å². The molecule has 0 saturated heterocycles. The zero-order valence-electron chi connectivity index (χ0n) is 12.5. The molecule has 1 aromatic carbocycles. The molecule has 6 heteroatoms. The molecule has 0 aliphatic carbocycles. The van der Waals surface area contributed by atoms with Gasteiger partial charge in [-0.25, -0.2) is 4.98 Å². The highest BCUT2D eigenvalue weighted by Crippen LogP contribution is 2.21. The number of carboxylic acid groups (broad SMARTS) is 1. The highest BCUT2D eigenvalue weighted by molar-refractivity contribution is 5.66. The molecule has 0 aliphatic rings. The summed E-state index contributed by atoms with van der Waals surface area (Å²) in [6, 6.07) is 8.44. The van der Waals surface area contributed by atoms with Crippen LogP contribution in [0.4, 0.5) is 0 Å². The highest BCUT2D eigenvalue weighted by atomic mass is 16.4. The smallest absolute Gasteiger partial charge is 0.303 e. The zero-order chi connectivity index (χ0) is 15.4. The predicted octanol–water partition coefficient (Wildman–Crippen LogP) is 2.11. The van der Waals surface area contributed by atoms with Crippen LogP contribution in [0.3, 0.4) is 0 Å². The molecule has 2 rings (SSSR count). The van der Waals surface area contributed by atoms with Crippen molar-refractivity contribution < 1.29 is 9.90 Å². The molecular weight excluding hydrogens is 268 g/mol. The van der Waals surface area contributed by atoms with Crippen LogP contribution in [-0.2, 0) is 11.2 Å². The number of nitrogens with zero attached hydrogens (tertiary/aromatic N) is 3. The molecule has 0 saturated carbocycles. The Balaban J connectivity index is 2.10. The van der Waals surface area contributed by atoms with E-state index in [4.69, 9.17) is 5.11 Å². The van der Waals surface area contributed by atoms with Crippen molar-refractivity contribution in [2.45, 2.75) is 25.8 Å². The summed E-state index contributed by atoms with van der Waals surface area (Å²) in [7, 11) is 4.09. The zero-order valence-corrected chi connectivity index (χ0v) is 12.5. The number of carboxylic acids is 1. The molecule has 0 spiro atoms. The molecule has 6 nitrogen and oxygen atoms in total. The van der Waals surface area contributed by atoms with Crippen LogP contribution in [0.25, 0.3) is 11.4 Å². The van der Waals surface area contributed by atoms with Crippen molar-refractivity contribution in [3.63, 3.8) is 0 Å². The fraction of sp³-hybridized carbons (Fsp3) is 0.400. The second-order valence-corrected chi connectivity index (χ2v) is 5.26. The van der Waals surface area contributed by atoms with Crippen LogP contribution in [0.5, 0.6) is 0 Å². The lowest BCUT2D eigenvalue weighted by Gasteiger charge is -2.20. The minimum atomic E-state index is -0.838. The first-order chi connectivity index (χ1) is 9.97. The average Bonchev–Trinajstić information content (AvgIpc) is 2.93. The van der Waals surface area contributed by atoms with Crippen molar-refractivity contribution in [1.29, 1.82) is 0 Å². The van der Waals surface area contributed by atoms with Gasteiger partial charge in [0.1, 0.15) is 5.82 Å². The number of hydrogen-bond donors (Lipinski definition) is 2. The molecule has 2 aromatic rings. The van der Waals surface area contributed by atoms with E-state index in [1.54, 1.807) is 0 Å². The fourth-order valence-corrected chi connectivity index (χ4v) is 1.97. The SMILES string of the molecule is C[C@@H](c1ccc(-c2n[nH]c(CCC(=O)O)n2)cc1)N(C)C. The Labute approximate surface area is 123 Å². The van der Waals surface area contributed by atoms with E-state index in [-0.39, 0.29) is 6.42 Å². The Kier molecular flexibility index (Phi) is 4.70. The second kappa shape index (κ2) is 6.49. The normalized spacial score (nSPS) is 12.6. The summed E-state index contributed by atoms with van der Waals surface area (Å²) in [6.07, 6.45) is 0.409. The van der Waals surface area contributed by atoms with Gasteiger partial charge in [-0.05, 0) is 26.6 Å². The summed E-state index contributed by atoms with van der Waals surface area (Å²) in [4.78, 5) is 17.0. The lowest BCUT2D eigenvalue weighted by molar-refractivity contribution is -0.137. The minimum Gasteiger partial charge on any atom is -0.481 e. The maximum absolute atomic E-state index is 10.5. The van der Waals surface area contributed by atoms with Gasteiger partial charge in [-0.1, -0.05) is 24.3 Å². The molecule has 1 heterocycles. The summed E-state index contributed by atoms with van der Waals surface area (Å²) < 4.78 is 0. The summed E-state index contributed by atoms with van der Waals surface area (Å²) >= 11 is 0. The van der Waals surface area contributed by atoms with Crippen molar-refractivity contribution in [1.82, 2.24) is 20.1 Å². The Morgan fingerprint density at radius 1 is 1.33 bits per heavy atom. The molecule has 1 atom stereocenters. The molecule has 0 radical (unpaired) electrons. The Hall–Kier alpha value is -2.21. The van der Waals surface area contributed by atoms with E-state index in [0.717, 1.165) is 5.56 Å². The number of aromatic nitrogens is 3. The van der Waals surface area contributed by atoms with E-state index in [1.807, 2.05) is 26.2 Å². The van der Waals surface area contributed by atoms with Crippen molar-refractivity contribution in [2.75, 3.05) is 14.1 Å². The van der Waals surface area contributed by atoms with Gasteiger partial charge in [-0.2, -0.15) is 5.10 Å². The Morgan fingerprint density at radius 3 is 2.57 bits per heavy atom. The molecule has 0 aliphatic heterocycles. The van der Waals surface area contributed by atoms with Crippen LogP contribution in [0.1, 0.15) is 30.8 Å². The monoisotopic (exact) mass is 288 g/mol. The number of carbonyl (C=O) groups is 1. The van der Waals surface area contributed by atoms with Gasteiger partial charge in [0, 0.05) is 18.0 Å². The third-order valence-electron chi connectivity index (χ3n) is 3.53. The van der Waals surface area contributed by atoms with Gasteiger partial charge in [0.15, 0.2) is 5.82 Å². The van der Waals surface area contributed by atoms with E-state index >= 15 is 0 Å². The predicted molar refractivity (Wildman–Crippen MR) is 79.9 cm³/mol. The van der Waals surface area contributed by atoms with Crippen molar-refractivity contribution in [3.05, 3.63) is 35.7 Å². The second-order valence-electron chi connectivity index (χ2n) is 5.26. The molecule has 1 aromatic heterocycles. The minimum absolute atomic E-state index is 0.0495. The highest BCUT2D eigenvalue weighted by Gasteiger charge is 2.10. The number of rotatable bonds is 6. The van der Waals surface area contributed by atoms with Gasteiger partial charge in [-0.15, -0.1) is 0 Å². The fourth-order valence-electron chi connectivity index (χ4n) is 1.97. The van der Waals surface area contributed by atoms with Crippen LogP contribution in [0.2, 0.25) is 0 Å². The summed E-state index contributed by atoms with van der Waals surface area (Å²) in [5, 5.41) is 15.6. The quantitative estimate of drug-likeness (QED) is 0.850. The van der Waals surface area contributed by atoms with Crippen molar-refractivity contribution >= 4 is 5.97 Å². The Morgan fingerprint density at radius 2 is 2.00 bits per heavy atom. The first-order valence-corrected chi connectivity index (χ1v) is 6.87. The van der Waals surface area contributed by atoms with E-state index < -0.39 is 5.97 Å². The number of aromatic amines is 1. The van der Waals surface area contributed by atoms with Crippen LogP contribution in [-0.4, -0.2) is 45.3 Å². The first-order valence-electron chi connectivity index (χ1n) is 6.87. The van der Waals surface area contributed by atoms with Crippen LogP contribution < -0.4 is 0 Å². The molecule has 0 unspecified atom stereocenters. The standard InChI is InChI=1S/C15H20N4O2/c1-10(19(2)3)11-4-6-12(7-5-11)15-16-13(17-18-15)8-9-14(20)21/h4-7,10H,8-9H2,1-3H3,(H,20,21)(H,16,17,18)/t10-/m0/s1. The molecule has 112 valence electrons. The maximum Gasteiger partial charge on any atom is 0.303 e. The molecule has 0 fully saturated rings. The average molecular weight is 288 g/mol. The summed E-state index contributed by atoms with van der Waals surface area (Å²) in [6.45, 7) is 2.14. The van der Waals surface area contributed by atoms with Gasteiger partial charge in [0.05, 0.1) is 6.42 Å². The first kappa shape index (κ1) is 15.2. The topological polar surface area (TPSA) is 82.1 Å². The Bertz CT molecular complexity index is 604. The van der Waals surface area contributed by atoms with Crippen LogP contribution in [0.15, 0.2) is 24.3 Å². The largest absolute Gasteiger partial charge is 0.481 e. The van der Waals surface area contributed by atoms with Crippen LogP contribution in [0, 0.1) is 0 Å². The van der Waals surface area contributed by atoms with E-state index in [2.05, 4.69) is 39.1 Å². The number of hydrogen-bond acceptors (Lipinski definition) is 4. The van der Waals surface area contributed by atoms with Crippen LogP contribution >= 0.6 is 0 Å². The van der Waals surface area contributed by atoms with Crippen molar-refractivity contribution in [2.24, 2.45) is 0 Å². The van der Waals surface area contributed by atoms with Gasteiger partial charge >= 0.3 is 5.97 Å². The van der Waals surface area contributed by atoms with Gasteiger partial charge in [0.25, 0.3) is 0 Å². The van der Waals surface area contributed by atoms with Gasteiger partial charge in [-0.3, -0.25) is 9.89 Å². The molecule has 21 heavy (non-hydrogen) atoms. The molecule has 0 bridgehead atoms. The third-order valence-corrected chi connectivity index (χ3v) is 3.53. The molecule has 2 N–H and O–H groups in total. The summed E-state index contributed by atoms with van der Waals surface area (Å²) in [5.74, 6) is 0.354. The number of benzene rings is 1. The maximum atomic E-state index is 10.5. The van der Waals surface area contributed by atoms with E-state index in [0.29, 0.717) is 24.1 Å².